The third kappa shape index (κ3) is 8.51. The number of furan rings is 1. The number of pyridine rings is 1. The summed E-state index contributed by atoms with van der Waals surface area (Å²) >= 11 is 1.81. The Balaban J connectivity index is 0.000000299. The Kier molecular flexibility index (Phi) is 13.3. The summed E-state index contributed by atoms with van der Waals surface area (Å²) in [5.41, 5.74) is 5.05. The molecular weight excluding hydrogens is 851 g/mol. The fraction of sp³-hybridized carbons (Fsp3) is 0.447. The summed E-state index contributed by atoms with van der Waals surface area (Å²) in [6.45, 7) is 25.6. The van der Waals surface area contributed by atoms with Crippen LogP contribution in [0.4, 0.5) is 0 Å². The van der Waals surface area contributed by atoms with Crippen LogP contribution >= 0.6 is 11.3 Å². The second-order valence-corrected chi connectivity index (χ2v) is 17.6. The van der Waals surface area contributed by atoms with Crippen LogP contribution in [0.1, 0.15) is 119 Å². The van der Waals surface area contributed by atoms with E-state index >= 15 is 0 Å². The van der Waals surface area contributed by atoms with E-state index in [1.54, 1.807) is 0 Å². The summed E-state index contributed by atoms with van der Waals surface area (Å²) in [5, 5.41) is 16.2. The van der Waals surface area contributed by atoms with Crippen molar-refractivity contribution >= 4 is 59.0 Å². The van der Waals surface area contributed by atoms with Crippen LogP contribution in [0.5, 0.6) is 0 Å². The second kappa shape index (κ2) is 16.6. The molecule has 1 radical (unpaired) electrons. The molecule has 6 heteroatoms. The number of fused-ring (bicyclic) bond motifs is 5. The van der Waals surface area contributed by atoms with Crippen molar-refractivity contribution in [3.05, 3.63) is 89.5 Å². The fourth-order valence-corrected chi connectivity index (χ4v) is 8.03. The number of hydrogen-bond donors (Lipinski definition) is 1. The van der Waals surface area contributed by atoms with Crippen LogP contribution in [-0.2, 0) is 36.7 Å². The van der Waals surface area contributed by atoms with Crippen LogP contribution in [0.3, 0.4) is 0 Å². The molecule has 0 spiro atoms. The number of nitrogens with zero attached hydrogens (tertiary/aromatic N) is 1. The van der Waals surface area contributed by atoms with Gasteiger partial charge in [0.15, 0.2) is 5.78 Å². The average molecular weight is 909 g/mol. The number of rotatable bonds is 10. The second-order valence-electron chi connectivity index (χ2n) is 16.5. The molecule has 0 saturated heterocycles. The summed E-state index contributed by atoms with van der Waals surface area (Å²) < 4.78 is 8.80. The van der Waals surface area contributed by atoms with E-state index in [2.05, 4.69) is 96.1 Å². The normalized spacial score (nSPS) is 12.8. The van der Waals surface area contributed by atoms with Crippen LogP contribution in [0.2, 0.25) is 0 Å². The molecular formula is C47H58IrNO3S-. The minimum absolute atomic E-state index is 0. The maximum Gasteiger partial charge on any atom is 0.164 e. The molecule has 0 amide bonds. The Labute approximate surface area is 334 Å². The van der Waals surface area contributed by atoms with Crippen molar-refractivity contribution in [1.29, 1.82) is 0 Å². The zero-order valence-corrected chi connectivity index (χ0v) is 37.1. The molecule has 0 unspecified atom stereocenters. The number of aryl methyl sites for hydroxylation is 1. The van der Waals surface area contributed by atoms with Gasteiger partial charge in [0.05, 0.1) is 0 Å². The number of carbonyl (C=O) groups is 1. The van der Waals surface area contributed by atoms with Crippen LogP contribution < -0.4 is 0 Å². The molecule has 0 saturated carbocycles. The summed E-state index contributed by atoms with van der Waals surface area (Å²) in [4.78, 5) is 17.1. The standard InChI is InChI=1S/C32H30NOS.C15H28O2.Ir/c1-18(2)13-26-19(3)23-16-24-29(17-27(23)34-26)35-28-11-12-33-31(30(24)28)21-14-20-9-7-8-10-22(20)25(15-21)32(4,5)6;1-7-14(5,8-2)12(16)11-13(17)15(6,9-3)10-4;/h7-12,15-18H,13H2,1-6H3;11,16H,7-10H2,1-6H3;/q-1;;/b;12-11-;. The molecule has 285 valence electrons. The number of ketones is 1. The number of allylic oxidation sites excluding steroid dienone is 2. The van der Waals surface area contributed by atoms with Gasteiger partial charge in [0, 0.05) is 70.1 Å². The van der Waals surface area contributed by atoms with Gasteiger partial charge in [0.25, 0.3) is 0 Å². The van der Waals surface area contributed by atoms with E-state index < -0.39 is 0 Å². The molecule has 0 fully saturated rings. The van der Waals surface area contributed by atoms with Gasteiger partial charge in [-0.25, -0.2) is 0 Å². The van der Waals surface area contributed by atoms with Crippen molar-refractivity contribution in [3.63, 3.8) is 0 Å². The van der Waals surface area contributed by atoms with Crippen LogP contribution in [-0.4, -0.2) is 15.9 Å². The summed E-state index contributed by atoms with van der Waals surface area (Å²) in [5.74, 6) is 1.95. The molecule has 4 nitrogen and oxygen atoms in total. The van der Waals surface area contributed by atoms with Gasteiger partial charge in [0.2, 0.25) is 0 Å². The summed E-state index contributed by atoms with van der Waals surface area (Å²) in [6, 6.07) is 21.3. The first-order valence-corrected chi connectivity index (χ1v) is 20.0. The molecule has 3 aromatic heterocycles. The predicted molar refractivity (Wildman–Crippen MR) is 224 cm³/mol. The van der Waals surface area contributed by atoms with Crippen molar-refractivity contribution < 1.29 is 34.4 Å². The van der Waals surface area contributed by atoms with E-state index in [4.69, 9.17) is 9.40 Å². The monoisotopic (exact) mass is 909 g/mol. The number of thiophene rings is 1. The Morgan fingerprint density at radius 3 is 2.13 bits per heavy atom. The molecule has 6 rings (SSSR count). The van der Waals surface area contributed by atoms with E-state index in [9.17, 15) is 9.90 Å². The van der Waals surface area contributed by atoms with Gasteiger partial charge in [-0.3, -0.25) is 9.78 Å². The van der Waals surface area contributed by atoms with Gasteiger partial charge >= 0.3 is 0 Å². The minimum atomic E-state index is -0.337. The van der Waals surface area contributed by atoms with Crippen molar-refractivity contribution in [2.24, 2.45) is 16.7 Å². The fourth-order valence-electron chi connectivity index (χ4n) is 6.92. The maximum absolute atomic E-state index is 12.2. The number of benzene rings is 3. The van der Waals surface area contributed by atoms with Gasteiger partial charge < -0.3 is 9.52 Å². The molecule has 6 aromatic rings. The van der Waals surface area contributed by atoms with E-state index in [0.29, 0.717) is 5.92 Å². The number of carbonyl (C=O) groups excluding carboxylic acids is 1. The largest absolute Gasteiger partial charge is 0.512 e. The third-order valence-corrected chi connectivity index (χ3v) is 12.7. The molecule has 3 heterocycles. The van der Waals surface area contributed by atoms with E-state index in [-0.39, 0.29) is 47.9 Å². The van der Waals surface area contributed by atoms with Gasteiger partial charge in [-0.1, -0.05) is 105 Å². The molecule has 0 bridgehead atoms. The summed E-state index contributed by atoms with van der Waals surface area (Å²) in [7, 11) is 0. The van der Waals surface area contributed by atoms with Crippen LogP contribution in [0.15, 0.2) is 71.0 Å². The van der Waals surface area contributed by atoms with Gasteiger partial charge in [-0.15, -0.1) is 40.5 Å². The molecule has 0 aliphatic heterocycles. The maximum atomic E-state index is 12.2. The van der Waals surface area contributed by atoms with Gasteiger partial charge in [-0.05, 0) is 78.5 Å². The molecule has 0 aliphatic carbocycles. The Bertz CT molecular complexity index is 2260. The van der Waals surface area contributed by atoms with Crippen molar-refractivity contribution in [3.8, 4) is 11.3 Å². The van der Waals surface area contributed by atoms with Crippen molar-refractivity contribution in [1.82, 2.24) is 4.98 Å². The zero-order chi connectivity index (χ0) is 38.2. The predicted octanol–water partition coefficient (Wildman–Crippen LogP) is 14.3. The number of aliphatic hydroxyl groups excluding tert-OH is 1. The molecule has 1 N–H and O–H groups in total. The van der Waals surface area contributed by atoms with Gasteiger partial charge in [0.1, 0.15) is 17.1 Å². The zero-order valence-electron chi connectivity index (χ0n) is 33.8. The van der Waals surface area contributed by atoms with Crippen LogP contribution in [0, 0.1) is 29.7 Å². The SMILES string of the molecule is CCC(C)(CC)C(=O)/C=C(\O)C(C)(CC)CC.Cc1c(CC(C)C)oc2cc3sc4ccnc(-c5[c-]c6ccccc6c(C(C)(C)C)c5)c4c3cc12.[Ir]. The Morgan fingerprint density at radius 2 is 1.53 bits per heavy atom. The first kappa shape index (κ1) is 42.4. The van der Waals surface area contributed by atoms with Crippen LogP contribution in [0.25, 0.3) is 53.2 Å². The third-order valence-electron chi connectivity index (χ3n) is 11.6. The van der Waals surface area contributed by atoms with E-state index in [1.165, 1.54) is 48.1 Å². The number of aliphatic hydroxyl groups is 1. The van der Waals surface area contributed by atoms with E-state index in [1.807, 2.05) is 59.1 Å². The topological polar surface area (TPSA) is 63.3 Å². The molecule has 53 heavy (non-hydrogen) atoms. The van der Waals surface area contributed by atoms with E-state index in [0.717, 1.165) is 60.1 Å². The van der Waals surface area contributed by atoms with Gasteiger partial charge in [-0.2, -0.15) is 0 Å². The van der Waals surface area contributed by atoms with Crippen molar-refractivity contribution in [2.45, 2.75) is 121 Å². The quantitative estimate of drug-likeness (QED) is 0.0845. The minimum Gasteiger partial charge on any atom is -0.512 e. The molecule has 0 aliphatic rings. The molecule has 3 aromatic carbocycles. The van der Waals surface area contributed by atoms with Crippen molar-refractivity contribution in [2.75, 3.05) is 0 Å². The summed E-state index contributed by atoms with van der Waals surface area (Å²) in [6.07, 6.45) is 7.65. The molecule has 0 atom stereocenters. The Hall–Kier alpha value is -3.31. The first-order valence-electron chi connectivity index (χ1n) is 19.1. The average Bonchev–Trinajstić information content (AvgIpc) is 3.64. The number of aromatic nitrogens is 1. The number of hydrogen-bond acceptors (Lipinski definition) is 5. The Morgan fingerprint density at radius 1 is 0.887 bits per heavy atom. The smallest absolute Gasteiger partial charge is 0.164 e. The first-order chi connectivity index (χ1) is 24.5.